The third-order valence-corrected chi connectivity index (χ3v) is 7.71. The van der Waals surface area contributed by atoms with Gasteiger partial charge in [-0.2, -0.15) is 0 Å². The molecule has 0 amide bonds. The molecule has 1 saturated carbocycles. The molecular weight excluding hydrogens is 520 g/mol. The second kappa shape index (κ2) is 11.5. The molecule has 1 fully saturated rings. The maximum atomic E-state index is 15.1. The summed E-state index contributed by atoms with van der Waals surface area (Å²) in [7, 11) is 0. The summed E-state index contributed by atoms with van der Waals surface area (Å²) in [6.45, 7) is 10.1. The van der Waals surface area contributed by atoms with Crippen LogP contribution in [-0.4, -0.2) is 51.7 Å². The van der Waals surface area contributed by atoms with Crippen molar-refractivity contribution in [1.82, 2.24) is 4.98 Å². The second-order valence-electron chi connectivity index (χ2n) is 11.1. The first-order chi connectivity index (χ1) is 18.8. The first-order valence-electron chi connectivity index (χ1n) is 13.2. The first kappa shape index (κ1) is 29.4. The molecule has 9 heteroatoms. The number of rotatable bonds is 12. The number of aliphatic hydroxyl groups excluding tert-OH is 1. The van der Waals surface area contributed by atoms with E-state index >= 15 is 4.39 Å². The van der Waals surface area contributed by atoms with Crippen LogP contribution in [0.5, 0.6) is 11.6 Å². The van der Waals surface area contributed by atoms with Crippen LogP contribution in [0.25, 0.3) is 5.57 Å². The molecule has 2 aromatic rings. The van der Waals surface area contributed by atoms with E-state index in [1.807, 2.05) is 0 Å². The van der Waals surface area contributed by atoms with E-state index in [4.69, 9.17) is 14.6 Å². The van der Waals surface area contributed by atoms with Gasteiger partial charge in [-0.1, -0.05) is 6.58 Å². The van der Waals surface area contributed by atoms with Gasteiger partial charge >= 0.3 is 5.97 Å². The number of hydrogen-bond donors (Lipinski definition) is 3. The smallest absolute Gasteiger partial charge is 0.307 e. The number of pyridine rings is 1. The van der Waals surface area contributed by atoms with Gasteiger partial charge < -0.3 is 24.8 Å². The zero-order valence-electron chi connectivity index (χ0n) is 23.1. The molecule has 2 aliphatic carbocycles. The molecule has 214 valence electrons. The maximum Gasteiger partial charge on any atom is 0.307 e. The molecule has 3 N–H and O–H groups in total. The number of hydrogen-bond acceptors (Lipinski definition) is 6. The Kier molecular flexibility index (Phi) is 8.46. The summed E-state index contributed by atoms with van der Waals surface area (Å²) in [6, 6.07) is 5.20. The highest BCUT2D eigenvalue weighted by atomic mass is 19.1. The lowest BCUT2D eigenvalue weighted by Crippen LogP contribution is -2.31. The minimum absolute atomic E-state index is 0.0137. The van der Waals surface area contributed by atoms with Gasteiger partial charge in [0.15, 0.2) is 0 Å². The normalized spacial score (nSPS) is 21.6. The summed E-state index contributed by atoms with van der Waals surface area (Å²) in [5.41, 5.74) is 2.83. The van der Waals surface area contributed by atoms with Crippen LogP contribution in [0.3, 0.4) is 0 Å². The molecule has 4 rings (SSSR count). The average Bonchev–Trinajstić information content (AvgIpc) is 3.48. The lowest BCUT2D eigenvalue weighted by atomic mass is 9.95. The van der Waals surface area contributed by atoms with Crippen LogP contribution >= 0.6 is 0 Å². The quantitative estimate of drug-likeness (QED) is 0.302. The van der Waals surface area contributed by atoms with Crippen LogP contribution < -0.4 is 9.47 Å². The Labute approximate surface area is 232 Å². The summed E-state index contributed by atoms with van der Waals surface area (Å²) >= 11 is 0. The molecule has 1 aromatic heterocycles. The zero-order valence-corrected chi connectivity index (χ0v) is 23.1. The Morgan fingerprint density at radius 2 is 1.90 bits per heavy atom. The number of carboxylic acid groups (broad SMARTS) is 1. The number of aliphatic hydroxyl groups is 2. The van der Waals surface area contributed by atoms with Crippen molar-refractivity contribution in [2.45, 2.75) is 52.1 Å². The third-order valence-electron chi connectivity index (χ3n) is 7.71. The van der Waals surface area contributed by atoms with Crippen LogP contribution in [0.1, 0.15) is 54.0 Å². The zero-order chi connectivity index (χ0) is 29.4. The van der Waals surface area contributed by atoms with Crippen molar-refractivity contribution < 1.29 is 38.4 Å². The minimum atomic E-state index is -1.24. The highest BCUT2D eigenvalue weighted by Gasteiger charge is 2.59. The number of carboxylic acids is 1. The van der Waals surface area contributed by atoms with Crippen LogP contribution in [0.4, 0.5) is 8.78 Å². The Morgan fingerprint density at radius 3 is 2.52 bits per heavy atom. The molecule has 4 atom stereocenters. The van der Waals surface area contributed by atoms with Crippen molar-refractivity contribution in [3.63, 3.8) is 0 Å². The van der Waals surface area contributed by atoms with Crippen LogP contribution in [0, 0.1) is 25.7 Å². The number of nitrogens with zero attached hydrogens (tertiary/aromatic N) is 1. The van der Waals surface area contributed by atoms with E-state index in [2.05, 4.69) is 11.6 Å². The van der Waals surface area contributed by atoms with Gasteiger partial charge in [0.05, 0.1) is 24.7 Å². The van der Waals surface area contributed by atoms with Crippen molar-refractivity contribution in [2.24, 2.45) is 11.8 Å². The fourth-order valence-electron chi connectivity index (χ4n) is 5.33. The van der Waals surface area contributed by atoms with Gasteiger partial charge in [-0.25, -0.2) is 13.8 Å². The highest BCUT2D eigenvalue weighted by molar-refractivity contribution is 5.80. The fraction of sp³-hybridized carbons (Fsp3) is 0.419. The molecule has 0 spiro atoms. The number of aryl methyl sites for hydroxylation is 2. The summed E-state index contributed by atoms with van der Waals surface area (Å²) in [5, 5.41) is 28.3. The number of ether oxygens (including phenoxy) is 2. The Hall–Kier alpha value is -3.56. The van der Waals surface area contributed by atoms with Gasteiger partial charge in [-0.05, 0) is 85.6 Å². The van der Waals surface area contributed by atoms with Crippen molar-refractivity contribution in [3.05, 3.63) is 82.1 Å². The van der Waals surface area contributed by atoms with E-state index in [0.717, 1.165) is 17.2 Å². The first-order valence-corrected chi connectivity index (χ1v) is 13.2. The number of halogens is 2. The minimum Gasteiger partial charge on any atom is -0.493 e. The molecule has 1 unspecified atom stereocenters. The molecule has 0 radical (unpaired) electrons. The van der Waals surface area contributed by atoms with Gasteiger partial charge in [-0.3, -0.25) is 4.79 Å². The highest BCUT2D eigenvalue weighted by Crippen LogP contribution is 2.61. The summed E-state index contributed by atoms with van der Waals surface area (Å²) in [6.07, 6.45) is 3.32. The van der Waals surface area contributed by atoms with E-state index in [9.17, 15) is 19.4 Å². The molecule has 2 aliphatic rings. The van der Waals surface area contributed by atoms with Gasteiger partial charge in [0.1, 0.15) is 24.0 Å². The Morgan fingerprint density at radius 1 is 1.23 bits per heavy atom. The van der Waals surface area contributed by atoms with Crippen LogP contribution in [-0.2, 0) is 11.2 Å². The standard InChI is InChI=1S/C31H35F2NO6/c1-16-8-21(39-7-6-31(5,38)15-35)9-17(2)27(16)19(4)25(33)12-24(32)18(3)14-40-26-11-20-10-22-28(23(20)13-34-26)29(22)30(36)37/h8-9,11-13,22,28-29,35,38H,4,6-7,10,14-15H2,1-3,5H3,(H,36,37)/b24-18-,25-12+/t22-,28-,29+,31?/m1/s1. The summed E-state index contributed by atoms with van der Waals surface area (Å²) in [4.78, 5) is 15.5. The van der Waals surface area contributed by atoms with E-state index < -0.39 is 23.2 Å². The molecule has 40 heavy (non-hydrogen) atoms. The van der Waals surface area contributed by atoms with Gasteiger partial charge in [0, 0.05) is 36.3 Å². The topological polar surface area (TPSA) is 109 Å². The average molecular weight is 556 g/mol. The monoisotopic (exact) mass is 555 g/mol. The van der Waals surface area contributed by atoms with Gasteiger partial charge in [0.25, 0.3) is 0 Å². The summed E-state index contributed by atoms with van der Waals surface area (Å²) < 4.78 is 41.3. The van der Waals surface area contributed by atoms with E-state index in [-0.39, 0.29) is 55.1 Å². The van der Waals surface area contributed by atoms with Gasteiger partial charge in [-0.15, -0.1) is 0 Å². The molecule has 7 nitrogen and oxygen atoms in total. The van der Waals surface area contributed by atoms with Gasteiger partial charge in [0.2, 0.25) is 5.88 Å². The van der Waals surface area contributed by atoms with Crippen LogP contribution in [0.15, 0.2) is 54.3 Å². The predicted molar refractivity (Wildman–Crippen MR) is 147 cm³/mol. The SMILES string of the molecule is C=C(/C(F)=C\C(F)=C(/C)COc1cc2c(cn1)[C@H]1[C@@H](C2)[C@@H]1C(=O)O)c1c(C)cc(OCCC(C)(O)CO)cc1C. The van der Waals surface area contributed by atoms with Crippen molar-refractivity contribution >= 4 is 11.5 Å². The molecule has 0 bridgehead atoms. The van der Waals surface area contributed by atoms with E-state index in [1.165, 1.54) is 13.8 Å². The largest absolute Gasteiger partial charge is 0.493 e. The number of fused-ring (bicyclic) bond motifs is 3. The lowest BCUT2D eigenvalue weighted by molar-refractivity contribution is -0.139. The molecule has 0 aliphatic heterocycles. The molecule has 1 heterocycles. The van der Waals surface area contributed by atoms with Crippen LogP contribution in [0.2, 0.25) is 0 Å². The number of aliphatic carboxylic acids is 1. The van der Waals surface area contributed by atoms with E-state index in [1.54, 1.807) is 38.2 Å². The fourth-order valence-corrected chi connectivity index (χ4v) is 5.33. The van der Waals surface area contributed by atoms with Crippen molar-refractivity contribution in [3.8, 4) is 11.6 Å². The number of aromatic nitrogens is 1. The number of allylic oxidation sites excluding steroid dienone is 4. The Bertz CT molecular complexity index is 1370. The van der Waals surface area contributed by atoms with E-state index in [0.29, 0.717) is 34.7 Å². The lowest BCUT2D eigenvalue weighted by Gasteiger charge is -2.20. The summed E-state index contributed by atoms with van der Waals surface area (Å²) in [5.74, 6) is -1.76. The second-order valence-corrected chi connectivity index (χ2v) is 11.1. The molecule has 1 aromatic carbocycles. The molecule has 0 saturated heterocycles. The maximum absolute atomic E-state index is 15.1. The van der Waals surface area contributed by atoms with Crippen molar-refractivity contribution in [2.75, 3.05) is 19.8 Å². The molecular formula is C31H35F2NO6. The third kappa shape index (κ3) is 6.26. The number of benzene rings is 1. The number of carbonyl (C=O) groups is 1. The van der Waals surface area contributed by atoms with Crippen molar-refractivity contribution in [1.29, 1.82) is 0 Å². The predicted octanol–water partition coefficient (Wildman–Crippen LogP) is 5.37. The Balaban J connectivity index is 1.38.